The number of piperidine rings is 1. The minimum atomic E-state index is -0.991. The summed E-state index contributed by atoms with van der Waals surface area (Å²) < 4.78 is 5.21. The molecule has 0 spiro atoms. The van der Waals surface area contributed by atoms with Gasteiger partial charge in [0.2, 0.25) is 11.8 Å². The summed E-state index contributed by atoms with van der Waals surface area (Å²) in [6, 6.07) is 5.09. The molecule has 1 aromatic rings. The van der Waals surface area contributed by atoms with E-state index in [9.17, 15) is 14.4 Å². The van der Waals surface area contributed by atoms with E-state index in [-0.39, 0.29) is 43.7 Å². The number of nitrogens with one attached hydrogen (secondary N) is 1. The van der Waals surface area contributed by atoms with Crippen molar-refractivity contribution in [2.75, 3.05) is 13.7 Å². The number of halogens is 2. The average molecular weight is 477 g/mol. The summed E-state index contributed by atoms with van der Waals surface area (Å²) in [6.07, 6.45) is 10.4. The van der Waals surface area contributed by atoms with Crippen LogP contribution in [0.2, 0.25) is 10.0 Å². The number of amides is 2. The third-order valence-corrected chi connectivity index (χ3v) is 6.71. The smallest absolute Gasteiger partial charge is 0.317 e. The van der Waals surface area contributed by atoms with Crippen LogP contribution in [0.3, 0.4) is 0 Å². The summed E-state index contributed by atoms with van der Waals surface area (Å²) >= 11 is 12.4. The van der Waals surface area contributed by atoms with Gasteiger partial charge in [-0.2, -0.15) is 0 Å². The first kappa shape index (κ1) is 24.2. The first-order valence-electron chi connectivity index (χ1n) is 10.6. The third kappa shape index (κ3) is 4.95. The fraction of sp³-hybridized carbons (Fsp3) is 0.458. The normalized spacial score (nSPS) is 22.8. The molecular formula is C24H26Cl2N2O4. The van der Waals surface area contributed by atoms with Gasteiger partial charge in [-0.05, 0) is 43.4 Å². The maximum absolute atomic E-state index is 13.6. The molecule has 1 aromatic carbocycles. The second-order valence-corrected chi connectivity index (χ2v) is 9.00. The molecule has 0 bridgehead atoms. The van der Waals surface area contributed by atoms with Gasteiger partial charge in [0.05, 0.1) is 20.2 Å². The van der Waals surface area contributed by atoms with Crippen LogP contribution >= 0.6 is 23.2 Å². The SMILES string of the molecule is C#CCNC(=O)C[C@@H]1C[C@@]2(C(=O)OC)CCCCC=C2N(Cc2ccc(Cl)cc2Cl)C1=O. The van der Waals surface area contributed by atoms with Gasteiger partial charge >= 0.3 is 5.97 Å². The number of fused-ring (bicyclic) bond motifs is 1. The Morgan fingerprint density at radius 3 is 2.81 bits per heavy atom. The Morgan fingerprint density at radius 1 is 1.34 bits per heavy atom. The van der Waals surface area contributed by atoms with Gasteiger partial charge in [0, 0.05) is 28.1 Å². The molecule has 2 amide bonds. The number of carbonyl (C=O) groups is 3. The molecular weight excluding hydrogens is 451 g/mol. The number of nitrogens with zero attached hydrogens (tertiary/aromatic N) is 1. The maximum atomic E-state index is 13.6. The Balaban J connectivity index is 2.03. The first-order valence-corrected chi connectivity index (χ1v) is 11.3. The molecule has 0 saturated carbocycles. The topological polar surface area (TPSA) is 75.7 Å². The second kappa shape index (κ2) is 10.4. The van der Waals surface area contributed by atoms with Crippen LogP contribution in [0.5, 0.6) is 0 Å². The number of hydrogen-bond acceptors (Lipinski definition) is 4. The molecule has 3 rings (SSSR count). The lowest BCUT2D eigenvalue weighted by Gasteiger charge is -2.46. The Kier molecular flexibility index (Phi) is 7.86. The molecule has 8 heteroatoms. The van der Waals surface area contributed by atoms with Gasteiger partial charge in [-0.25, -0.2) is 0 Å². The van der Waals surface area contributed by atoms with E-state index in [1.165, 1.54) is 7.11 Å². The van der Waals surface area contributed by atoms with Crippen molar-refractivity contribution >= 4 is 41.0 Å². The van der Waals surface area contributed by atoms with E-state index in [0.717, 1.165) is 19.3 Å². The zero-order valence-corrected chi connectivity index (χ0v) is 19.5. The number of methoxy groups -OCH3 is 1. The van der Waals surface area contributed by atoms with E-state index in [0.29, 0.717) is 27.7 Å². The van der Waals surface area contributed by atoms with Gasteiger partial charge < -0.3 is 15.0 Å². The number of likely N-dealkylation sites (tertiary alicyclic amines) is 1. The van der Waals surface area contributed by atoms with Gasteiger partial charge in [-0.1, -0.05) is 47.7 Å². The number of rotatable bonds is 6. The number of carbonyl (C=O) groups excluding carboxylic acids is 3. The number of benzene rings is 1. The monoisotopic (exact) mass is 476 g/mol. The molecule has 0 unspecified atom stereocenters. The van der Waals surface area contributed by atoms with Crippen LogP contribution in [0.4, 0.5) is 0 Å². The Hall–Kier alpha value is -2.49. The maximum Gasteiger partial charge on any atom is 0.317 e. The van der Waals surface area contributed by atoms with Gasteiger partial charge in [-0.3, -0.25) is 14.4 Å². The highest BCUT2D eigenvalue weighted by molar-refractivity contribution is 6.35. The highest BCUT2D eigenvalue weighted by Gasteiger charge is 2.53. The quantitative estimate of drug-likeness (QED) is 0.495. The van der Waals surface area contributed by atoms with Crippen LogP contribution in [0.15, 0.2) is 30.0 Å². The fourth-order valence-electron chi connectivity index (χ4n) is 4.63. The van der Waals surface area contributed by atoms with E-state index in [4.69, 9.17) is 34.4 Å². The minimum absolute atomic E-state index is 0.0581. The number of ether oxygens (including phenoxy) is 1. The predicted octanol–water partition coefficient (Wildman–Crippen LogP) is 4.10. The van der Waals surface area contributed by atoms with Crippen molar-refractivity contribution in [3.8, 4) is 12.3 Å². The minimum Gasteiger partial charge on any atom is -0.468 e. The van der Waals surface area contributed by atoms with Gasteiger partial charge in [0.1, 0.15) is 5.41 Å². The molecule has 0 radical (unpaired) electrons. The molecule has 6 nitrogen and oxygen atoms in total. The Bertz CT molecular complexity index is 985. The van der Waals surface area contributed by atoms with E-state index >= 15 is 0 Å². The zero-order valence-electron chi connectivity index (χ0n) is 18.0. The fourth-order valence-corrected chi connectivity index (χ4v) is 5.10. The van der Waals surface area contributed by atoms with Crippen LogP contribution in [-0.4, -0.2) is 36.3 Å². The van der Waals surface area contributed by atoms with Crippen molar-refractivity contribution in [2.45, 2.75) is 45.1 Å². The van der Waals surface area contributed by atoms with Crippen LogP contribution < -0.4 is 5.32 Å². The molecule has 1 heterocycles. The summed E-state index contributed by atoms with van der Waals surface area (Å²) in [5.74, 6) is 0.726. The molecule has 1 aliphatic heterocycles. The highest BCUT2D eigenvalue weighted by atomic mass is 35.5. The molecule has 2 aliphatic rings. The van der Waals surface area contributed by atoms with Crippen LogP contribution in [0.1, 0.15) is 44.1 Å². The Labute approximate surface area is 198 Å². The number of esters is 1. The van der Waals surface area contributed by atoms with Crippen molar-refractivity contribution < 1.29 is 19.1 Å². The molecule has 1 saturated heterocycles. The molecule has 1 fully saturated rings. The van der Waals surface area contributed by atoms with Gasteiger partial charge in [-0.15, -0.1) is 6.42 Å². The first-order chi connectivity index (χ1) is 15.3. The predicted molar refractivity (Wildman–Crippen MR) is 123 cm³/mol. The largest absolute Gasteiger partial charge is 0.468 e. The number of hydrogen-bond donors (Lipinski definition) is 1. The van der Waals surface area contributed by atoms with Crippen LogP contribution in [0.25, 0.3) is 0 Å². The average Bonchev–Trinajstić information content (AvgIpc) is 2.99. The van der Waals surface area contributed by atoms with E-state index in [2.05, 4.69) is 11.2 Å². The molecule has 170 valence electrons. The Morgan fingerprint density at radius 2 is 2.12 bits per heavy atom. The molecule has 1 aliphatic carbocycles. The van der Waals surface area contributed by atoms with Crippen molar-refractivity contribution in [2.24, 2.45) is 11.3 Å². The number of terminal acetylenes is 1. The van der Waals surface area contributed by atoms with Crippen molar-refractivity contribution in [1.82, 2.24) is 10.2 Å². The molecule has 2 atom stereocenters. The lowest BCUT2D eigenvalue weighted by atomic mass is 9.69. The molecule has 32 heavy (non-hydrogen) atoms. The molecule has 1 N–H and O–H groups in total. The molecule has 0 aromatic heterocycles. The summed E-state index contributed by atoms with van der Waals surface area (Å²) in [7, 11) is 1.35. The second-order valence-electron chi connectivity index (χ2n) is 8.15. The van der Waals surface area contributed by atoms with Crippen molar-refractivity contribution in [3.05, 3.63) is 45.6 Å². The summed E-state index contributed by atoms with van der Waals surface area (Å²) in [5, 5.41) is 3.53. The van der Waals surface area contributed by atoms with Crippen LogP contribution in [-0.2, 0) is 25.7 Å². The lowest BCUT2D eigenvalue weighted by molar-refractivity contribution is -0.159. The standard InChI is InChI=1S/C24H26Cl2N2O4/c1-3-11-27-21(29)12-17-14-24(23(31)32-2)10-6-4-5-7-20(24)28(22(17)30)15-16-8-9-18(25)13-19(16)26/h1,7-9,13,17H,4-6,10-12,14-15H2,2H3,(H,27,29)/t17-,24+/m1/s1. The van der Waals surface area contributed by atoms with E-state index in [1.54, 1.807) is 23.1 Å². The van der Waals surface area contributed by atoms with Crippen LogP contribution in [0, 0.1) is 23.7 Å². The van der Waals surface area contributed by atoms with E-state index < -0.39 is 11.3 Å². The number of allylic oxidation sites excluding steroid dienone is 1. The summed E-state index contributed by atoms with van der Waals surface area (Å²) in [5.41, 5.74) is 0.346. The van der Waals surface area contributed by atoms with Gasteiger partial charge in [0.25, 0.3) is 0 Å². The summed E-state index contributed by atoms with van der Waals surface area (Å²) in [4.78, 5) is 40.7. The third-order valence-electron chi connectivity index (χ3n) is 6.13. The summed E-state index contributed by atoms with van der Waals surface area (Å²) in [6.45, 7) is 0.249. The van der Waals surface area contributed by atoms with Crippen molar-refractivity contribution in [3.63, 3.8) is 0 Å². The lowest BCUT2D eigenvalue weighted by Crippen LogP contribution is -2.53. The van der Waals surface area contributed by atoms with Gasteiger partial charge in [0.15, 0.2) is 0 Å². The van der Waals surface area contributed by atoms with E-state index in [1.807, 2.05) is 6.08 Å². The zero-order chi connectivity index (χ0) is 23.3. The van der Waals surface area contributed by atoms with Crippen molar-refractivity contribution in [1.29, 1.82) is 0 Å². The highest BCUT2D eigenvalue weighted by Crippen LogP contribution is 2.50.